The summed E-state index contributed by atoms with van der Waals surface area (Å²) in [6, 6.07) is 21.1. The number of piperidine rings is 1. The van der Waals surface area contributed by atoms with E-state index in [1.165, 1.54) is 23.1 Å². The van der Waals surface area contributed by atoms with E-state index in [2.05, 4.69) is 16.4 Å². The maximum Gasteiger partial charge on any atom is 0.410 e. The summed E-state index contributed by atoms with van der Waals surface area (Å²) in [5.74, 6) is 1.96. The van der Waals surface area contributed by atoms with Crippen LogP contribution in [0.4, 0.5) is 15.7 Å². The zero-order chi connectivity index (χ0) is 28.8. The molecule has 1 N–H and O–H groups in total. The molecule has 0 radical (unpaired) electrons. The SMILES string of the molecule is CC(C)(C)OC(=O)N1CCCC(c2csc(Nc3ncc(Sc4ccc(C#N)cc4)cc3Oc3ccccc3)n2)C1. The second-order valence-electron chi connectivity index (χ2n) is 10.6. The summed E-state index contributed by atoms with van der Waals surface area (Å²) in [5.41, 5.74) is 1.04. The van der Waals surface area contributed by atoms with Crippen molar-refractivity contribution in [2.75, 3.05) is 18.4 Å². The Morgan fingerprint density at radius 3 is 2.66 bits per heavy atom. The lowest BCUT2D eigenvalue weighted by Crippen LogP contribution is -2.42. The molecule has 1 amide bonds. The van der Waals surface area contributed by atoms with Crippen molar-refractivity contribution in [3.63, 3.8) is 0 Å². The van der Waals surface area contributed by atoms with Gasteiger partial charge in [-0.2, -0.15) is 5.26 Å². The number of benzene rings is 2. The number of hydrogen-bond acceptors (Lipinski definition) is 9. The molecule has 1 fully saturated rings. The standard InChI is InChI=1S/C31H31N5O3S2/c1-31(2,3)39-30(37)36-15-7-8-22(19-36)26-20-40-29(34-26)35-28-27(38-23-9-5-4-6-10-23)16-25(18-33-28)41-24-13-11-21(17-32)12-14-24/h4-6,9-14,16,18,20,22H,7-8,15,19H2,1-3H3,(H,33,34,35). The summed E-state index contributed by atoms with van der Waals surface area (Å²) < 4.78 is 11.8. The van der Waals surface area contributed by atoms with Crippen molar-refractivity contribution in [2.45, 2.75) is 54.9 Å². The van der Waals surface area contributed by atoms with Gasteiger partial charge in [0, 0.05) is 46.4 Å². The fraction of sp³-hybridized carbons (Fsp3) is 0.290. The number of rotatable bonds is 7. The minimum Gasteiger partial charge on any atom is -0.453 e. The van der Waals surface area contributed by atoms with Crippen LogP contribution in [0.25, 0.3) is 0 Å². The van der Waals surface area contributed by atoms with Crippen molar-refractivity contribution >= 4 is 40.1 Å². The van der Waals surface area contributed by atoms with Crippen LogP contribution < -0.4 is 10.1 Å². The van der Waals surface area contributed by atoms with Gasteiger partial charge in [0.25, 0.3) is 0 Å². The first-order valence-electron chi connectivity index (χ1n) is 13.4. The number of nitriles is 1. The average molecular weight is 586 g/mol. The first-order valence-corrected chi connectivity index (χ1v) is 15.1. The van der Waals surface area contributed by atoms with E-state index in [1.807, 2.05) is 74.7 Å². The highest BCUT2D eigenvalue weighted by Gasteiger charge is 2.29. The largest absolute Gasteiger partial charge is 0.453 e. The number of likely N-dealkylation sites (tertiary alicyclic amines) is 1. The molecule has 4 aromatic rings. The van der Waals surface area contributed by atoms with Gasteiger partial charge in [0.2, 0.25) is 0 Å². The van der Waals surface area contributed by atoms with E-state index in [0.29, 0.717) is 41.1 Å². The van der Waals surface area contributed by atoms with E-state index in [0.717, 1.165) is 28.3 Å². The average Bonchev–Trinajstić information content (AvgIpc) is 3.43. The summed E-state index contributed by atoms with van der Waals surface area (Å²) in [6.07, 6.45) is 3.38. The maximum atomic E-state index is 12.6. The minimum atomic E-state index is -0.523. The van der Waals surface area contributed by atoms with Crippen molar-refractivity contribution in [1.82, 2.24) is 14.9 Å². The summed E-state index contributed by atoms with van der Waals surface area (Å²) >= 11 is 3.04. The first-order chi connectivity index (χ1) is 19.8. The minimum absolute atomic E-state index is 0.141. The lowest BCUT2D eigenvalue weighted by molar-refractivity contribution is 0.0197. The van der Waals surface area contributed by atoms with Crippen molar-refractivity contribution < 1.29 is 14.3 Å². The van der Waals surface area contributed by atoms with Gasteiger partial charge in [-0.3, -0.25) is 0 Å². The lowest BCUT2D eigenvalue weighted by atomic mass is 9.96. The van der Waals surface area contributed by atoms with E-state index in [4.69, 9.17) is 19.7 Å². The monoisotopic (exact) mass is 585 g/mol. The normalized spacial score (nSPS) is 15.2. The third kappa shape index (κ3) is 7.78. The van der Waals surface area contributed by atoms with Crippen LogP contribution >= 0.6 is 23.1 Å². The number of ether oxygens (including phenoxy) is 2. The van der Waals surface area contributed by atoms with Crippen LogP contribution in [0, 0.1) is 11.3 Å². The van der Waals surface area contributed by atoms with Crippen molar-refractivity contribution in [3.8, 4) is 17.6 Å². The number of thiazole rings is 1. The quantitative estimate of drug-likeness (QED) is 0.232. The van der Waals surface area contributed by atoms with E-state index in [1.54, 1.807) is 23.2 Å². The fourth-order valence-electron chi connectivity index (χ4n) is 4.35. The Bertz CT molecular complexity index is 1530. The molecule has 10 heteroatoms. The van der Waals surface area contributed by atoms with Gasteiger partial charge in [-0.15, -0.1) is 11.3 Å². The van der Waals surface area contributed by atoms with Crippen molar-refractivity contribution in [3.05, 3.63) is 83.5 Å². The van der Waals surface area contributed by atoms with Crippen LogP contribution in [0.2, 0.25) is 0 Å². The molecule has 210 valence electrons. The number of para-hydroxylation sites is 1. The van der Waals surface area contributed by atoms with Crippen LogP contribution in [0.3, 0.4) is 0 Å². The predicted octanol–water partition coefficient (Wildman–Crippen LogP) is 8.21. The molecule has 41 heavy (non-hydrogen) atoms. The van der Waals surface area contributed by atoms with Gasteiger partial charge in [-0.1, -0.05) is 30.0 Å². The highest BCUT2D eigenvalue weighted by Crippen LogP contribution is 2.37. The van der Waals surface area contributed by atoms with E-state index in [-0.39, 0.29) is 12.0 Å². The topological polar surface area (TPSA) is 100 Å². The van der Waals surface area contributed by atoms with E-state index >= 15 is 0 Å². The number of pyridine rings is 1. The van der Waals surface area contributed by atoms with Gasteiger partial charge in [0.05, 0.1) is 17.3 Å². The Morgan fingerprint density at radius 1 is 1.15 bits per heavy atom. The highest BCUT2D eigenvalue weighted by molar-refractivity contribution is 7.99. The fourth-order valence-corrected chi connectivity index (χ4v) is 5.95. The van der Waals surface area contributed by atoms with E-state index < -0.39 is 5.60 Å². The molecular formula is C31H31N5O3S2. The number of carbonyl (C=O) groups excluding carboxylic acids is 1. The van der Waals surface area contributed by atoms with Gasteiger partial charge in [0.1, 0.15) is 11.4 Å². The molecule has 3 heterocycles. The zero-order valence-corrected chi connectivity index (χ0v) is 24.8. The third-order valence-corrected chi connectivity index (χ3v) is 8.00. The van der Waals surface area contributed by atoms with Crippen molar-refractivity contribution in [2.24, 2.45) is 0 Å². The Labute approximate surface area is 248 Å². The molecule has 2 aromatic carbocycles. The van der Waals surface area contributed by atoms with Crippen molar-refractivity contribution in [1.29, 1.82) is 5.26 Å². The second-order valence-corrected chi connectivity index (χ2v) is 12.6. The van der Waals surface area contributed by atoms with Crippen LogP contribution in [0.15, 0.2) is 82.0 Å². The van der Waals surface area contributed by atoms with Gasteiger partial charge in [-0.05, 0) is 70.0 Å². The first kappa shape index (κ1) is 28.5. The number of aromatic nitrogens is 2. The molecule has 1 saturated heterocycles. The number of hydrogen-bond donors (Lipinski definition) is 1. The Balaban J connectivity index is 1.33. The third-order valence-electron chi connectivity index (χ3n) is 6.26. The highest BCUT2D eigenvalue weighted by atomic mass is 32.2. The van der Waals surface area contributed by atoms with Crippen LogP contribution in [0.5, 0.6) is 11.5 Å². The van der Waals surface area contributed by atoms with Gasteiger partial charge in [0.15, 0.2) is 16.7 Å². The molecule has 0 spiro atoms. The summed E-state index contributed by atoms with van der Waals surface area (Å²) in [5, 5.41) is 15.2. The summed E-state index contributed by atoms with van der Waals surface area (Å²) in [6.45, 7) is 6.92. The number of nitrogens with zero attached hydrogens (tertiary/aromatic N) is 4. The Morgan fingerprint density at radius 2 is 1.93 bits per heavy atom. The molecule has 1 aliphatic rings. The molecule has 8 nitrogen and oxygen atoms in total. The molecule has 2 aromatic heterocycles. The van der Waals surface area contributed by atoms with Crippen LogP contribution in [0.1, 0.15) is 50.8 Å². The smallest absolute Gasteiger partial charge is 0.410 e. The Kier molecular flexibility index (Phi) is 8.76. The van der Waals surface area contributed by atoms with Gasteiger partial charge in [-0.25, -0.2) is 14.8 Å². The maximum absolute atomic E-state index is 12.6. The summed E-state index contributed by atoms with van der Waals surface area (Å²) in [4.78, 5) is 25.8. The molecule has 0 saturated carbocycles. The zero-order valence-electron chi connectivity index (χ0n) is 23.2. The summed E-state index contributed by atoms with van der Waals surface area (Å²) in [7, 11) is 0. The van der Waals surface area contributed by atoms with E-state index in [9.17, 15) is 4.79 Å². The van der Waals surface area contributed by atoms with Crippen LogP contribution in [-0.4, -0.2) is 39.7 Å². The molecule has 5 rings (SSSR count). The molecule has 1 aliphatic heterocycles. The predicted molar refractivity (Wildman–Crippen MR) is 161 cm³/mol. The van der Waals surface area contributed by atoms with Crippen LogP contribution in [-0.2, 0) is 4.74 Å². The molecule has 1 unspecified atom stereocenters. The Hall–Kier alpha value is -4.07. The molecule has 1 atom stereocenters. The lowest BCUT2D eigenvalue weighted by Gasteiger charge is -2.33. The van der Waals surface area contributed by atoms with Gasteiger partial charge >= 0.3 is 6.09 Å². The number of nitrogens with one attached hydrogen (secondary N) is 1. The van der Waals surface area contributed by atoms with Gasteiger partial charge < -0.3 is 19.7 Å². The number of anilines is 2. The second kappa shape index (κ2) is 12.6. The number of carbonyl (C=O) groups is 1. The molecule has 0 aliphatic carbocycles. The molecular weight excluding hydrogens is 555 g/mol. The molecule has 0 bridgehead atoms. The number of amides is 1.